The van der Waals surface area contributed by atoms with Crippen LogP contribution in [0, 0.1) is 0 Å². The van der Waals surface area contributed by atoms with Gasteiger partial charge in [0.05, 0.1) is 5.52 Å². The second-order valence-corrected chi connectivity index (χ2v) is 5.31. The normalized spacial score (nSPS) is 12.7. The number of nitrogens with zero attached hydrogens (tertiary/aromatic N) is 1. The molecule has 2 rings (SSSR count). The van der Waals surface area contributed by atoms with Crippen molar-refractivity contribution in [3.8, 4) is 0 Å². The second-order valence-electron chi connectivity index (χ2n) is 5.31. The molecule has 1 N–H and O–H groups in total. The van der Waals surface area contributed by atoms with Gasteiger partial charge < -0.3 is 10.1 Å². The topological polar surface area (TPSA) is 34.1 Å². The highest BCUT2D eigenvalue weighted by Gasteiger charge is 2.11. The molecule has 0 spiro atoms. The SMILES string of the molecule is CCCNC(CCCOCC)c1cnc2ccccc2c1. The van der Waals surface area contributed by atoms with Crippen LogP contribution < -0.4 is 5.32 Å². The summed E-state index contributed by atoms with van der Waals surface area (Å²) in [6.45, 7) is 6.90. The molecule has 2 aromatic rings. The molecule has 0 bridgehead atoms. The van der Waals surface area contributed by atoms with E-state index >= 15 is 0 Å². The van der Waals surface area contributed by atoms with Crippen LogP contribution in [0.3, 0.4) is 0 Å². The molecule has 3 nitrogen and oxygen atoms in total. The van der Waals surface area contributed by atoms with Crippen LogP contribution in [0.4, 0.5) is 0 Å². The van der Waals surface area contributed by atoms with Crippen molar-refractivity contribution >= 4 is 10.9 Å². The Morgan fingerprint density at radius 1 is 1.24 bits per heavy atom. The summed E-state index contributed by atoms with van der Waals surface area (Å²) in [5.41, 5.74) is 2.34. The van der Waals surface area contributed by atoms with Crippen molar-refractivity contribution in [1.82, 2.24) is 10.3 Å². The molecule has 0 aliphatic carbocycles. The van der Waals surface area contributed by atoms with E-state index in [1.807, 2.05) is 19.2 Å². The monoisotopic (exact) mass is 286 g/mol. The van der Waals surface area contributed by atoms with Crippen LogP contribution in [0.25, 0.3) is 10.9 Å². The van der Waals surface area contributed by atoms with Crippen LogP contribution in [0.2, 0.25) is 0 Å². The minimum Gasteiger partial charge on any atom is -0.382 e. The number of aromatic nitrogens is 1. The highest BCUT2D eigenvalue weighted by molar-refractivity contribution is 5.78. The molecule has 1 heterocycles. The lowest BCUT2D eigenvalue weighted by Gasteiger charge is -2.19. The van der Waals surface area contributed by atoms with E-state index in [-0.39, 0.29) is 0 Å². The Bertz CT molecular complexity index is 541. The Kier molecular flexibility index (Phi) is 6.64. The molecule has 0 amide bonds. The van der Waals surface area contributed by atoms with Crippen molar-refractivity contribution in [1.29, 1.82) is 0 Å². The maximum Gasteiger partial charge on any atom is 0.0702 e. The predicted octanol–water partition coefficient (Wildman–Crippen LogP) is 4.09. The minimum absolute atomic E-state index is 0.363. The molecule has 3 heteroatoms. The van der Waals surface area contributed by atoms with Gasteiger partial charge in [-0.15, -0.1) is 0 Å². The Hall–Kier alpha value is -1.45. The molecule has 0 aliphatic rings. The molecule has 1 unspecified atom stereocenters. The molecule has 0 saturated carbocycles. The summed E-state index contributed by atoms with van der Waals surface area (Å²) in [5.74, 6) is 0. The Labute approximate surface area is 127 Å². The zero-order valence-corrected chi connectivity index (χ0v) is 13.1. The molecular weight excluding hydrogens is 260 g/mol. The number of ether oxygens (including phenoxy) is 1. The average Bonchev–Trinajstić information content (AvgIpc) is 2.54. The highest BCUT2D eigenvalue weighted by Crippen LogP contribution is 2.22. The summed E-state index contributed by atoms with van der Waals surface area (Å²) in [6.07, 6.45) is 5.31. The molecule has 0 radical (unpaired) electrons. The Balaban J connectivity index is 2.08. The van der Waals surface area contributed by atoms with E-state index in [1.165, 1.54) is 10.9 Å². The number of nitrogens with one attached hydrogen (secondary N) is 1. The largest absolute Gasteiger partial charge is 0.382 e. The van der Waals surface area contributed by atoms with Crippen LogP contribution in [0.15, 0.2) is 36.5 Å². The lowest BCUT2D eigenvalue weighted by molar-refractivity contribution is 0.141. The number of hydrogen-bond donors (Lipinski definition) is 1. The predicted molar refractivity (Wildman–Crippen MR) is 88.5 cm³/mol. The third-order valence-electron chi connectivity index (χ3n) is 3.64. The minimum atomic E-state index is 0.363. The first-order valence-electron chi connectivity index (χ1n) is 8.01. The van der Waals surface area contributed by atoms with Gasteiger partial charge in [0.25, 0.3) is 0 Å². The maximum absolute atomic E-state index is 5.45. The van der Waals surface area contributed by atoms with E-state index in [1.54, 1.807) is 0 Å². The number of fused-ring (bicyclic) bond motifs is 1. The number of benzene rings is 1. The van der Waals surface area contributed by atoms with Crippen LogP contribution in [-0.4, -0.2) is 24.7 Å². The van der Waals surface area contributed by atoms with Gasteiger partial charge in [-0.3, -0.25) is 4.98 Å². The lowest BCUT2D eigenvalue weighted by atomic mass is 10.0. The lowest BCUT2D eigenvalue weighted by Crippen LogP contribution is -2.22. The van der Waals surface area contributed by atoms with Crippen molar-refractivity contribution in [2.24, 2.45) is 0 Å². The quantitative estimate of drug-likeness (QED) is 0.705. The van der Waals surface area contributed by atoms with Gasteiger partial charge in [0.2, 0.25) is 0 Å². The van der Waals surface area contributed by atoms with Crippen molar-refractivity contribution in [3.05, 3.63) is 42.1 Å². The van der Waals surface area contributed by atoms with E-state index < -0.39 is 0 Å². The maximum atomic E-state index is 5.45. The van der Waals surface area contributed by atoms with Gasteiger partial charge in [-0.25, -0.2) is 0 Å². The highest BCUT2D eigenvalue weighted by atomic mass is 16.5. The van der Waals surface area contributed by atoms with E-state index in [2.05, 4.69) is 41.5 Å². The summed E-state index contributed by atoms with van der Waals surface area (Å²) in [7, 11) is 0. The first-order valence-corrected chi connectivity index (χ1v) is 8.01. The first kappa shape index (κ1) is 15.9. The van der Waals surface area contributed by atoms with Crippen LogP contribution in [0.5, 0.6) is 0 Å². The fourth-order valence-corrected chi connectivity index (χ4v) is 2.52. The smallest absolute Gasteiger partial charge is 0.0702 e. The Morgan fingerprint density at radius 2 is 2.10 bits per heavy atom. The summed E-state index contributed by atoms with van der Waals surface area (Å²) in [6, 6.07) is 10.9. The zero-order chi connectivity index (χ0) is 14.9. The van der Waals surface area contributed by atoms with Crippen molar-refractivity contribution in [2.45, 2.75) is 39.2 Å². The summed E-state index contributed by atoms with van der Waals surface area (Å²) >= 11 is 0. The molecule has 1 aromatic heterocycles. The van der Waals surface area contributed by atoms with E-state index in [0.29, 0.717) is 6.04 Å². The average molecular weight is 286 g/mol. The van der Waals surface area contributed by atoms with Crippen molar-refractivity contribution in [2.75, 3.05) is 19.8 Å². The summed E-state index contributed by atoms with van der Waals surface area (Å²) in [5, 5.41) is 4.84. The number of rotatable bonds is 9. The molecule has 1 aromatic carbocycles. The standard InChI is InChI=1S/C18H26N2O/c1-3-11-19-18(10-7-12-21-4-2)16-13-15-8-5-6-9-17(15)20-14-16/h5-6,8-9,13-14,18-19H,3-4,7,10-12H2,1-2H3. The number of hydrogen-bond acceptors (Lipinski definition) is 3. The van der Waals surface area contributed by atoms with Gasteiger partial charge in [0, 0.05) is 30.8 Å². The van der Waals surface area contributed by atoms with Gasteiger partial charge >= 0.3 is 0 Å². The molecule has 0 fully saturated rings. The van der Waals surface area contributed by atoms with Crippen molar-refractivity contribution in [3.63, 3.8) is 0 Å². The van der Waals surface area contributed by atoms with Crippen LogP contribution in [0.1, 0.15) is 44.7 Å². The zero-order valence-electron chi connectivity index (χ0n) is 13.1. The summed E-state index contributed by atoms with van der Waals surface area (Å²) in [4.78, 5) is 4.58. The van der Waals surface area contributed by atoms with Gasteiger partial charge in [-0.05, 0) is 50.4 Å². The molecule has 21 heavy (non-hydrogen) atoms. The number of para-hydroxylation sites is 1. The summed E-state index contributed by atoms with van der Waals surface area (Å²) < 4.78 is 5.45. The third kappa shape index (κ3) is 4.80. The molecular formula is C18H26N2O. The molecule has 114 valence electrons. The van der Waals surface area contributed by atoms with E-state index in [4.69, 9.17) is 4.74 Å². The van der Waals surface area contributed by atoms with Gasteiger partial charge in [-0.1, -0.05) is 25.1 Å². The molecule has 1 atom stereocenters. The molecule has 0 saturated heterocycles. The third-order valence-corrected chi connectivity index (χ3v) is 3.64. The molecule has 0 aliphatic heterocycles. The second kappa shape index (κ2) is 8.75. The fraction of sp³-hybridized carbons (Fsp3) is 0.500. The fourth-order valence-electron chi connectivity index (χ4n) is 2.52. The Morgan fingerprint density at radius 3 is 2.90 bits per heavy atom. The van der Waals surface area contributed by atoms with Crippen molar-refractivity contribution < 1.29 is 4.74 Å². The van der Waals surface area contributed by atoms with Gasteiger partial charge in [0.1, 0.15) is 0 Å². The number of pyridine rings is 1. The first-order chi connectivity index (χ1) is 10.3. The van der Waals surface area contributed by atoms with E-state index in [0.717, 1.165) is 44.5 Å². The van der Waals surface area contributed by atoms with E-state index in [9.17, 15) is 0 Å². The van der Waals surface area contributed by atoms with Crippen LogP contribution in [-0.2, 0) is 4.74 Å². The van der Waals surface area contributed by atoms with Gasteiger partial charge in [-0.2, -0.15) is 0 Å². The van der Waals surface area contributed by atoms with Crippen LogP contribution >= 0.6 is 0 Å². The van der Waals surface area contributed by atoms with Gasteiger partial charge in [0.15, 0.2) is 0 Å².